The average Bonchev–Trinajstić information content (AvgIpc) is 2.76. The molecule has 3 aromatic carbocycles. The number of rotatable bonds is 4. The SMILES string of the molecule is COC(=O)c1[c-]cc(C(=O)CC(C)C)cc1.[Pt].[c-]1ccccc1.[c-]1ccccc1. The summed E-state index contributed by atoms with van der Waals surface area (Å²) in [6.07, 6.45) is 0.505. The van der Waals surface area contributed by atoms with Crippen molar-refractivity contribution >= 4 is 11.8 Å². The monoisotopic (exact) mass is 568 g/mol. The molecule has 0 aliphatic rings. The maximum atomic E-state index is 11.7. The number of hydrogen-bond acceptors (Lipinski definition) is 3. The van der Waals surface area contributed by atoms with Crippen molar-refractivity contribution < 1.29 is 35.4 Å². The van der Waals surface area contributed by atoms with Crippen LogP contribution in [0.25, 0.3) is 0 Å². The molecule has 0 radical (unpaired) electrons. The molecule has 0 saturated carbocycles. The zero-order chi connectivity index (χ0) is 20.6. The predicted octanol–water partition coefficient (Wildman–Crippen LogP) is 5.47. The van der Waals surface area contributed by atoms with E-state index in [2.05, 4.69) is 22.9 Å². The number of Topliss-reactive ketones (excluding diaryl/α,β-unsaturated/α-hetero) is 1. The normalized spacial score (nSPS) is 8.97. The van der Waals surface area contributed by atoms with Gasteiger partial charge in [0.2, 0.25) is 5.97 Å². The number of hydrogen-bond donors (Lipinski definition) is 0. The van der Waals surface area contributed by atoms with Crippen LogP contribution in [-0.4, -0.2) is 18.9 Å². The van der Waals surface area contributed by atoms with Gasteiger partial charge in [0.15, 0.2) is 0 Å². The number of ether oxygens (including phenoxy) is 1. The van der Waals surface area contributed by atoms with Crippen LogP contribution < -0.4 is 0 Å². The summed E-state index contributed by atoms with van der Waals surface area (Å²) in [6, 6.07) is 32.5. The Morgan fingerprint density at radius 2 is 1.41 bits per heavy atom. The molecular weight excluding hydrogens is 543 g/mol. The van der Waals surface area contributed by atoms with Crippen molar-refractivity contribution in [1.29, 1.82) is 0 Å². The Labute approximate surface area is 188 Å². The van der Waals surface area contributed by atoms with E-state index in [9.17, 15) is 9.59 Å². The van der Waals surface area contributed by atoms with Gasteiger partial charge in [-0.3, -0.25) is 0 Å². The van der Waals surface area contributed by atoms with Crippen molar-refractivity contribution in [1.82, 2.24) is 0 Å². The molecule has 0 aliphatic carbocycles. The number of benzene rings is 3. The van der Waals surface area contributed by atoms with E-state index in [0.717, 1.165) is 0 Å². The quantitative estimate of drug-likeness (QED) is 0.238. The fourth-order valence-electron chi connectivity index (χ4n) is 2.01. The van der Waals surface area contributed by atoms with E-state index >= 15 is 0 Å². The predicted molar refractivity (Wildman–Crippen MR) is 111 cm³/mol. The van der Waals surface area contributed by atoms with Gasteiger partial charge in [-0.25, -0.2) is 0 Å². The molecule has 3 nitrogen and oxygen atoms in total. The zero-order valence-electron chi connectivity index (χ0n) is 16.8. The third-order valence-corrected chi connectivity index (χ3v) is 3.35. The van der Waals surface area contributed by atoms with Crippen molar-refractivity contribution in [3.8, 4) is 0 Å². The van der Waals surface area contributed by atoms with Crippen LogP contribution in [0.4, 0.5) is 0 Å². The van der Waals surface area contributed by atoms with E-state index in [1.54, 1.807) is 12.1 Å². The Hall–Kier alpha value is -2.51. The van der Waals surface area contributed by atoms with Crippen molar-refractivity contribution in [3.63, 3.8) is 0 Å². The number of ketones is 1. The van der Waals surface area contributed by atoms with Gasteiger partial charge in [0, 0.05) is 27.5 Å². The van der Waals surface area contributed by atoms with Crippen LogP contribution in [0.2, 0.25) is 0 Å². The van der Waals surface area contributed by atoms with Gasteiger partial charge in [-0.05, 0) is 5.92 Å². The fraction of sp³-hybridized carbons (Fsp3) is 0.200. The van der Waals surface area contributed by atoms with Gasteiger partial charge in [-0.1, -0.05) is 25.0 Å². The molecule has 3 aromatic rings. The molecule has 29 heavy (non-hydrogen) atoms. The molecule has 0 N–H and O–H groups in total. The van der Waals surface area contributed by atoms with Crippen molar-refractivity contribution in [2.24, 2.45) is 5.92 Å². The Kier molecular flexibility index (Phi) is 15.0. The van der Waals surface area contributed by atoms with Crippen LogP contribution in [0.1, 0.15) is 41.0 Å². The van der Waals surface area contributed by atoms with Gasteiger partial charge in [-0.15, -0.1) is 24.3 Å². The molecule has 0 saturated heterocycles. The minimum Gasteiger partial charge on any atom is -0.509 e. The van der Waals surface area contributed by atoms with E-state index in [4.69, 9.17) is 0 Å². The van der Waals surface area contributed by atoms with Crippen molar-refractivity contribution in [2.75, 3.05) is 7.11 Å². The van der Waals surface area contributed by atoms with Gasteiger partial charge < -0.3 is 14.3 Å². The Morgan fingerprint density at radius 3 is 1.69 bits per heavy atom. The van der Waals surface area contributed by atoms with E-state index in [1.165, 1.54) is 13.2 Å². The van der Waals surface area contributed by atoms with Crippen LogP contribution in [0.3, 0.4) is 0 Å². The summed E-state index contributed by atoms with van der Waals surface area (Å²) < 4.78 is 4.55. The van der Waals surface area contributed by atoms with Crippen molar-refractivity contribution in [2.45, 2.75) is 20.3 Å². The maximum Gasteiger partial charge on any atom is 0.249 e. The first-order valence-corrected chi connectivity index (χ1v) is 9.00. The molecule has 0 amide bonds. The third kappa shape index (κ3) is 12.5. The van der Waals surface area contributed by atoms with Crippen LogP contribution >= 0.6 is 0 Å². The molecule has 0 unspecified atom stereocenters. The first-order chi connectivity index (χ1) is 13.5. The summed E-state index contributed by atoms with van der Waals surface area (Å²) in [6.45, 7) is 3.98. The number of methoxy groups -OCH3 is 1. The summed E-state index contributed by atoms with van der Waals surface area (Å²) in [5, 5.41) is 0. The van der Waals surface area contributed by atoms with Gasteiger partial charge in [0.1, 0.15) is 5.78 Å². The second-order valence-corrected chi connectivity index (χ2v) is 6.16. The summed E-state index contributed by atoms with van der Waals surface area (Å²) in [5.41, 5.74) is 0.921. The summed E-state index contributed by atoms with van der Waals surface area (Å²) in [7, 11) is 1.31. The molecule has 0 aliphatic heterocycles. The molecular formula is C25H25O3Pt-3. The molecule has 156 valence electrons. The van der Waals surface area contributed by atoms with Crippen LogP contribution in [0.15, 0.2) is 78.9 Å². The minimum absolute atomic E-state index is 0. The number of carbonyl (C=O) groups is 2. The largest absolute Gasteiger partial charge is 0.509 e. The second-order valence-electron chi connectivity index (χ2n) is 6.16. The first-order valence-electron chi connectivity index (χ1n) is 9.00. The minimum atomic E-state index is -0.442. The van der Waals surface area contributed by atoms with Crippen LogP contribution in [-0.2, 0) is 25.8 Å². The average molecular weight is 569 g/mol. The zero-order valence-corrected chi connectivity index (χ0v) is 19.1. The number of carbonyl (C=O) groups excluding carboxylic acids is 2. The van der Waals surface area contributed by atoms with E-state index in [-0.39, 0.29) is 26.8 Å². The summed E-state index contributed by atoms with van der Waals surface area (Å²) >= 11 is 0. The molecule has 0 fully saturated rings. The van der Waals surface area contributed by atoms with Gasteiger partial charge in [-0.2, -0.15) is 72.8 Å². The molecule has 0 heterocycles. The second kappa shape index (κ2) is 16.4. The smallest absolute Gasteiger partial charge is 0.249 e. The molecule has 0 atom stereocenters. The van der Waals surface area contributed by atoms with E-state index in [1.807, 2.05) is 74.5 Å². The Bertz CT molecular complexity index is 700. The van der Waals surface area contributed by atoms with E-state index < -0.39 is 5.97 Å². The topological polar surface area (TPSA) is 43.4 Å². The first kappa shape index (κ1) is 26.5. The fourth-order valence-corrected chi connectivity index (χ4v) is 2.01. The Morgan fingerprint density at radius 1 is 0.897 bits per heavy atom. The standard InChI is InChI=1S/C13H15O3.2C6H5.Pt/c1-9(2)8-12(14)10-4-6-11(7-5-10)13(15)16-3;2*1-2-4-6-5-3-1;/h4-6,9H,8H2,1-3H3;2*1-5H;/q3*-1;. The molecule has 0 aromatic heterocycles. The maximum absolute atomic E-state index is 11.7. The molecule has 0 bridgehead atoms. The van der Waals surface area contributed by atoms with Gasteiger partial charge >= 0.3 is 0 Å². The van der Waals surface area contributed by atoms with Crippen molar-refractivity contribution in [3.05, 3.63) is 108 Å². The Balaban J connectivity index is 0.000000491. The summed E-state index contributed by atoms with van der Waals surface area (Å²) in [4.78, 5) is 22.8. The van der Waals surface area contributed by atoms with Crippen LogP contribution in [0, 0.1) is 24.1 Å². The van der Waals surface area contributed by atoms with Gasteiger partial charge in [0.25, 0.3) is 0 Å². The molecule has 3 rings (SSSR count). The number of esters is 1. The third-order valence-electron chi connectivity index (χ3n) is 3.35. The van der Waals surface area contributed by atoms with Gasteiger partial charge in [0.05, 0.1) is 7.11 Å². The molecule has 0 spiro atoms. The van der Waals surface area contributed by atoms with E-state index in [0.29, 0.717) is 23.5 Å². The summed E-state index contributed by atoms with van der Waals surface area (Å²) in [5.74, 6) is -0.0432. The van der Waals surface area contributed by atoms with Crippen LogP contribution in [0.5, 0.6) is 0 Å². The molecule has 4 heteroatoms.